The average Bonchev–Trinajstić information content (AvgIpc) is 3.38. The van der Waals surface area contributed by atoms with Gasteiger partial charge < -0.3 is 19.7 Å². The summed E-state index contributed by atoms with van der Waals surface area (Å²) in [5.41, 5.74) is 1.13. The molecule has 0 saturated carbocycles. The maximum absolute atomic E-state index is 5.96. The van der Waals surface area contributed by atoms with Crippen LogP contribution in [0.1, 0.15) is 37.1 Å². The Kier molecular flexibility index (Phi) is 7.22. The molecule has 2 N–H and O–H groups in total. The molecule has 2 aromatic carbocycles. The van der Waals surface area contributed by atoms with Crippen LogP contribution in [-0.4, -0.2) is 52.8 Å². The van der Waals surface area contributed by atoms with Crippen molar-refractivity contribution in [3.63, 3.8) is 0 Å². The molecule has 4 rings (SSSR count). The summed E-state index contributed by atoms with van der Waals surface area (Å²) >= 11 is 0. The lowest BCUT2D eigenvalue weighted by Crippen LogP contribution is -2.45. The number of methoxy groups -OCH3 is 1. The number of rotatable bonds is 7. The van der Waals surface area contributed by atoms with E-state index in [1.165, 1.54) is 0 Å². The van der Waals surface area contributed by atoms with Crippen LogP contribution in [0.25, 0.3) is 0 Å². The number of aliphatic imine (C=N–C) groups is 1. The van der Waals surface area contributed by atoms with E-state index in [2.05, 4.69) is 32.3 Å². The van der Waals surface area contributed by atoms with Crippen LogP contribution in [0.15, 0.2) is 59.9 Å². The lowest BCUT2D eigenvalue weighted by molar-refractivity contribution is 0.299. The van der Waals surface area contributed by atoms with Crippen LogP contribution in [0.3, 0.4) is 0 Å². The molecule has 0 amide bonds. The first-order valence-corrected chi connectivity index (χ1v) is 11.0. The molecule has 0 unspecified atom stereocenters. The summed E-state index contributed by atoms with van der Waals surface area (Å²) in [6.45, 7) is 5.44. The predicted molar refractivity (Wildman–Crippen MR) is 124 cm³/mol. The van der Waals surface area contributed by atoms with E-state index in [0.29, 0.717) is 24.0 Å². The first kappa shape index (κ1) is 21.7. The molecule has 32 heavy (non-hydrogen) atoms. The minimum absolute atomic E-state index is 0.437. The van der Waals surface area contributed by atoms with Gasteiger partial charge in [-0.1, -0.05) is 24.3 Å². The molecule has 1 aromatic heterocycles. The van der Waals surface area contributed by atoms with Gasteiger partial charge in [-0.05, 0) is 49.6 Å². The highest BCUT2D eigenvalue weighted by atomic mass is 16.5. The zero-order valence-corrected chi connectivity index (χ0v) is 18.6. The number of benzene rings is 2. The van der Waals surface area contributed by atoms with Crippen LogP contribution in [0.4, 0.5) is 0 Å². The molecule has 3 aromatic rings. The molecule has 2 heterocycles. The van der Waals surface area contributed by atoms with Gasteiger partial charge in [0.25, 0.3) is 0 Å². The van der Waals surface area contributed by atoms with Crippen molar-refractivity contribution in [2.45, 2.75) is 32.2 Å². The number of H-pyrrole nitrogens is 1. The third-order valence-electron chi connectivity index (χ3n) is 5.58. The average molecular weight is 435 g/mol. The van der Waals surface area contributed by atoms with Crippen LogP contribution in [0.5, 0.6) is 17.2 Å². The predicted octanol–water partition coefficient (Wildman–Crippen LogP) is 3.95. The number of hydrogen-bond donors (Lipinski definition) is 2. The Hall–Kier alpha value is -3.55. The SMILES string of the molecule is CCNC(=NCc1ccc(Oc2ccccc2OC)cc1)N1CCC(c2ncn[nH]2)CC1. The van der Waals surface area contributed by atoms with Gasteiger partial charge in [0.2, 0.25) is 0 Å². The van der Waals surface area contributed by atoms with Crippen LogP contribution >= 0.6 is 0 Å². The Morgan fingerprint density at radius 1 is 1.12 bits per heavy atom. The second-order valence-electron chi connectivity index (χ2n) is 7.70. The van der Waals surface area contributed by atoms with Gasteiger partial charge >= 0.3 is 0 Å². The highest BCUT2D eigenvalue weighted by Gasteiger charge is 2.24. The van der Waals surface area contributed by atoms with Gasteiger partial charge in [-0.15, -0.1) is 0 Å². The molecule has 8 heteroatoms. The molecule has 168 valence electrons. The van der Waals surface area contributed by atoms with Crippen molar-refractivity contribution in [3.8, 4) is 17.2 Å². The van der Waals surface area contributed by atoms with Crippen molar-refractivity contribution in [2.24, 2.45) is 4.99 Å². The lowest BCUT2D eigenvalue weighted by Gasteiger charge is -2.33. The monoisotopic (exact) mass is 434 g/mol. The molecular weight excluding hydrogens is 404 g/mol. The molecule has 1 aliphatic rings. The van der Waals surface area contributed by atoms with Crippen LogP contribution < -0.4 is 14.8 Å². The van der Waals surface area contributed by atoms with Crippen molar-refractivity contribution >= 4 is 5.96 Å². The van der Waals surface area contributed by atoms with E-state index in [-0.39, 0.29) is 0 Å². The van der Waals surface area contributed by atoms with Crippen molar-refractivity contribution < 1.29 is 9.47 Å². The molecule has 0 spiro atoms. The Balaban J connectivity index is 1.36. The molecule has 0 bridgehead atoms. The maximum Gasteiger partial charge on any atom is 0.194 e. The Bertz CT molecular complexity index is 996. The summed E-state index contributed by atoms with van der Waals surface area (Å²) in [4.78, 5) is 11.5. The van der Waals surface area contributed by atoms with Crippen LogP contribution in [-0.2, 0) is 6.54 Å². The minimum Gasteiger partial charge on any atom is -0.493 e. The van der Waals surface area contributed by atoms with Gasteiger partial charge in [0.1, 0.15) is 17.9 Å². The zero-order valence-electron chi connectivity index (χ0n) is 18.6. The molecule has 8 nitrogen and oxygen atoms in total. The van der Waals surface area contributed by atoms with Gasteiger partial charge in [-0.25, -0.2) is 9.98 Å². The number of piperidine rings is 1. The third-order valence-corrected chi connectivity index (χ3v) is 5.58. The van der Waals surface area contributed by atoms with E-state index in [4.69, 9.17) is 14.5 Å². The highest BCUT2D eigenvalue weighted by molar-refractivity contribution is 5.80. The maximum atomic E-state index is 5.96. The van der Waals surface area contributed by atoms with Crippen molar-refractivity contribution in [2.75, 3.05) is 26.7 Å². The molecule has 0 aliphatic carbocycles. The molecular formula is C24H30N6O2. The number of guanidine groups is 1. The largest absolute Gasteiger partial charge is 0.493 e. The highest BCUT2D eigenvalue weighted by Crippen LogP contribution is 2.31. The van der Waals surface area contributed by atoms with Gasteiger partial charge in [0.05, 0.1) is 13.7 Å². The fourth-order valence-electron chi connectivity index (χ4n) is 3.86. The second kappa shape index (κ2) is 10.7. The number of nitrogens with zero attached hydrogens (tertiary/aromatic N) is 4. The van der Waals surface area contributed by atoms with E-state index < -0.39 is 0 Å². The van der Waals surface area contributed by atoms with Crippen LogP contribution in [0.2, 0.25) is 0 Å². The number of aromatic amines is 1. The van der Waals surface area contributed by atoms with E-state index in [0.717, 1.165) is 55.6 Å². The van der Waals surface area contributed by atoms with E-state index in [1.807, 2.05) is 48.5 Å². The molecule has 1 saturated heterocycles. The molecule has 0 atom stereocenters. The van der Waals surface area contributed by atoms with Gasteiger partial charge in [-0.2, -0.15) is 5.10 Å². The number of hydrogen-bond acceptors (Lipinski definition) is 5. The van der Waals surface area contributed by atoms with Crippen LogP contribution in [0, 0.1) is 0 Å². The lowest BCUT2D eigenvalue weighted by atomic mass is 9.96. The summed E-state index contributed by atoms with van der Waals surface area (Å²) in [6, 6.07) is 15.7. The first-order valence-electron chi connectivity index (χ1n) is 11.0. The van der Waals surface area contributed by atoms with Crippen molar-refractivity contribution in [1.29, 1.82) is 0 Å². The number of ether oxygens (including phenoxy) is 2. The van der Waals surface area contributed by atoms with Crippen molar-refractivity contribution in [3.05, 3.63) is 66.2 Å². The Morgan fingerprint density at radius 3 is 2.53 bits per heavy atom. The van der Waals surface area contributed by atoms with Gasteiger partial charge in [-0.3, -0.25) is 5.10 Å². The number of likely N-dealkylation sites (tertiary alicyclic amines) is 1. The second-order valence-corrected chi connectivity index (χ2v) is 7.70. The normalized spacial score (nSPS) is 14.9. The quantitative estimate of drug-likeness (QED) is 0.432. The van der Waals surface area contributed by atoms with E-state index in [9.17, 15) is 0 Å². The molecule has 0 radical (unpaired) electrons. The Morgan fingerprint density at radius 2 is 1.88 bits per heavy atom. The minimum atomic E-state index is 0.437. The first-order chi connectivity index (χ1) is 15.8. The van der Waals surface area contributed by atoms with Gasteiger partial charge in [0.15, 0.2) is 17.5 Å². The van der Waals surface area contributed by atoms with Crippen molar-refractivity contribution in [1.82, 2.24) is 25.4 Å². The molecule has 1 fully saturated rings. The Labute approximate surface area is 188 Å². The van der Waals surface area contributed by atoms with Gasteiger partial charge in [0, 0.05) is 25.6 Å². The number of nitrogens with one attached hydrogen (secondary N) is 2. The topological polar surface area (TPSA) is 87.7 Å². The third kappa shape index (κ3) is 5.38. The summed E-state index contributed by atoms with van der Waals surface area (Å²) in [7, 11) is 1.64. The fourth-order valence-corrected chi connectivity index (χ4v) is 3.86. The fraction of sp³-hybridized carbons (Fsp3) is 0.375. The molecule has 1 aliphatic heterocycles. The summed E-state index contributed by atoms with van der Waals surface area (Å²) < 4.78 is 11.3. The standard InChI is InChI=1S/C24H30N6O2/c1-3-25-24(30-14-12-19(13-15-30)23-27-17-28-29-23)26-16-18-8-10-20(11-9-18)32-22-7-5-4-6-21(22)31-2/h4-11,17,19H,3,12-16H2,1-2H3,(H,25,26)(H,27,28,29). The zero-order chi connectivity index (χ0) is 22.2. The number of aromatic nitrogens is 3. The summed E-state index contributed by atoms with van der Waals surface area (Å²) in [6.07, 6.45) is 3.66. The summed E-state index contributed by atoms with van der Waals surface area (Å²) in [5, 5.41) is 10.4. The smallest absolute Gasteiger partial charge is 0.194 e. The summed E-state index contributed by atoms with van der Waals surface area (Å²) in [5.74, 6) is 4.56. The van der Waals surface area contributed by atoms with E-state index in [1.54, 1.807) is 13.4 Å². The number of para-hydroxylation sites is 2. The van der Waals surface area contributed by atoms with E-state index >= 15 is 0 Å².